The SMILES string of the molecule is Cc1c(N(C)C)cc(Br)c(Br)c1[N+](=O)[O-]. The highest BCUT2D eigenvalue weighted by Crippen LogP contribution is 2.40. The molecule has 0 atom stereocenters. The highest BCUT2D eigenvalue weighted by Gasteiger charge is 2.22. The Morgan fingerprint density at radius 1 is 1.40 bits per heavy atom. The van der Waals surface area contributed by atoms with E-state index in [-0.39, 0.29) is 10.6 Å². The number of nitrogens with zero attached hydrogens (tertiary/aromatic N) is 2. The van der Waals surface area contributed by atoms with Crippen LogP contribution in [-0.4, -0.2) is 19.0 Å². The van der Waals surface area contributed by atoms with Gasteiger partial charge in [0.15, 0.2) is 0 Å². The van der Waals surface area contributed by atoms with Crippen LogP contribution in [0.25, 0.3) is 0 Å². The first-order chi connectivity index (χ1) is 6.86. The zero-order valence-corrected chi connectivity index (χ0v) is 11.7. The summed E-state index contributed by atoms with van der Waals surface area (Å²) in [6, 6.07) is 1.85. The molecule has 0 saturated heterocycles. The molecule has 1 aromatic rings. The fourth-order valence-electron chi connectivity index (χ4n) is 1.37. The lowest BCUT2D eigenvalue weighted by molar-refractivity contribution is -0.386. The molecule has 0 aliphatic rings. The Balaban J connectivity index is 3.56. The lowest BCUT2D eigenvalue weighted by Gasteiger charge is -2.16. The Bertz CT molecular complexity index is 419. The number of halogens is 2. The van der Waals surface area contributed by atoms with Crippen molar-refractivity contribution in [3.05, 3.63) is 30.7 Å². The number of benzene rings is 1. The minimum absolute atomic E-state index is 0.105. The first-order valence-corrected chi connectivity index (χ1v) is 5.75. The van der Waals surface area contributed by atoms with Crippen molar-refractivity contribution < 1.29 is 4.92 Å². The van der Waals surface area contributed by atoms with Crippen LogP contribution in [-0.2, 0) is 0 Å². The minimum Gasteiger partial charge on any atom is -0.377 e. The van der Waals surface area contributed by atoms with Crippen molar-refractivity contribution >= 4 is 43.2 Å². The lowest BCUT2D eigenvalue weighted by Crippen LogP contribution is -2.11. The fourth-order valence-corrected chi connectivity index (χ4v) is 2.33. The van der Waals surface area contributed by atoms with Crippen molar-refractivity contribution in [2.45, 2.75) is 6.92 Å². The Kier molecular flexibility index (Phi) is 3.72. The number of nitro groups is 1. The van der Waals surface area contributed by atoms with E-state index in [2.05, 4.69) is 31.9 Å². The van der Waals surface area contributed by atoms with Gasteiger partial charge in [0.1, 0.15) is 4.47 Å². The van der Waals surface area contributed by atoms with Gasteiger partial charge >= 0.3 is 0 Å². The molecule has 15 heavy (non-hydrogen) atoms. The summed E-state index contributed by atoms with van der Waals surface area (Å²) >= 11 is 6.50. The quantitative estimate of drug-likeness (QED) is 0.613. The van der Waals surface area contributed by atoms with Gasteiger partial charge in [-0.15, -0.1) is 0 Å². The van der Waals surface area contributed by atoms with E-state index >= 15 is 0 Å². The number of nitro benzene ring substituents is 1. The molecule has 0 aliphatic carbocycles. The molecule has 1 rings (SSSR count). The number of anilines is 1. The van der Waals surface area contributed by atoms with Gasteiger partial charge in [-0.3, -0.25) is 10.1 Å². The Hall–Kier alpha value is -0.620. The van der Waals surface area contributed by atoms with E-state index in [1.165, 1.54) is 0 Å². The van der Waals surface area contributed by atoms with E-state index in [4.69, 9.17) is 0 Å². The van der Waals surface area contributed by atoms with Crippen LogP contribution < -0.4 is 4.90 Å². The van der Waals surface area contributed by atoms with E-state index in [0.717, 1.165) is 5.69 Å². The Morgan fingerprint density at radius 3 is 2.33 bits per heavy atom. The second-order valence-electron chi connectivity index (χ2n) is 3.32. The first kappa shape index (κ1) is 12.4. The maximum atomic E-state index is 10.9. The van der Waals surface area contributed by atoms with Crippen molar-refractivity contribution in [1.82, 2.24) is 0 Å². The molecular weight excluding hydrogens is 328 g/mol. The molecule has 0 aliphatic heterocycles. The molecule has 6 heteroatoms. The van der Waals surface area contributed by atoms with Gasteiger partial charge in [-0.1, -0.05) is 0 Å². The van der Waals surface area contributed by atoms with E-state index in [1.807, 2.05) is 25.1 Å². The number of rotatable bonds is 2. The average Bonchev–Trinajstić information content (AvgIpc) is 2.10. The zero-order valence-electron chi connectivity index (χ0n) is 8.54. The Morgan fingerprint density at radius 2 is 1.93 bits per heavy atom. The molecule has 0 bridgehead atoms. The summed E-state index contributed by atoms with van der Waals surface area (Å²) in [5.41, 5.74) is 1.59. The van der Waals surface area contributed by atoms with Crippen LogP contribution in [0.2, 0.25) is 0 Å². The summed E-state index contributed by atoms with van der Waals surface area (Å²) in [6.45, 7) is 1.74. The maximum absolute atomic E-state index is 10.9. The fraction of sp³-hybridized carbons (Fsp3) is 0.333. The topological polar surface area (TPSA) is 46.4 Å². The summed E-state index contributed by atoms with van der Waals surface area (Å²) in [5, 5.41) is 10.9. The van der Waals surface area contributed by atoms with Crippen molar-refractivity contribution in [3.8, 4) is 0 Å². The molecule has 0 amide bonds. The van der Waals surface area contributed by atoms with Crippen LogP contribution in [0.5, 0.6) is 0 Å². The smallest absolute Gasteiger partial charge is 0.289 e. The van der Waals surface area contributed by atoms with Gasteiger partial charge in [0.2, 0.25) is 0 Å². The van der Waals surface area contributed by atoms with Crippen LogP contribution >= 0.6 is 31.9 Å². The number of hydrogen-bond acceptors (Lipinski definition) is 3. The van der Waals surface area contributed by atoms with Crippen molar-refractivity contribution in [3.63, 3.8) is 0 Å². The van der Waals surface area contributed by atoms with Gasteiger partial charge in [0.05, 0.1) is 10.5 Å². The predicted molar refractivity (Wildman–Crippen MR) is 67.6 cm³/mol. The zero-order chi connectivity index (χ0) is 11.7. The third-order valence-corrected chi connectivity index (χ3v) is 4.05. The largest absolute Gasteiger partial charge is 0.377 e. The monoisotopic (exact) mass is 336 g/mol. The summed E-state index contributed by atoms with van der Waals surface area (Å²) < 4.78 is 1.17. The Labute approximate surface area is 105 Å². The van der Waals surface area contributed by atoms with Crippen LogP contribution in [0, 0.1) is 17.0 Å². The van der Waals surface area contributed by atoms with Gasteiger partial charge in [-0.25, -0.2) is 0 Å². The highest BCUT2D eigenvalue weighted by molar-refractivity contribution is 9.13. The summed E-state index contributed by atoms with van der Waals surface area (Å²) in [4.78, 5) is 12.4. The highest BCUT2D eigenvalue weighted by atomic mass is 79.9. The summed E-state index contributed by atoms with van der Waals surface area (Å²) in [6.07, 6.45) is 0. The molecule has 0 aromatic heterocycles. The van der Waals surface area contributed by atoms with Gasteiger partial charge in [0.25, 0.3) is 5.69 Å². The van der Waals surface area contributed by atoms with Crippen LogP contribution in [0.4, 0.5) is 11.4 Å². The molecule has 0 heterocycles. The molecule has 1 aromatic carbocycles. The third kappa shape index (κ3) is 2.31. The average molecular weight is 338 g/mol. The molecule has 0 unspecified atom stereocenters. The molecule has 0 N–H and O–H groups in total. The summed E-state index contributed by atoms with van der Waals surface area (Å²) in [5.74, 6) is 0. The molecule has 0 saturated carbocycles. The minimum atomic E-state index is -0.378. The van der Waals surface area contributed by atoms with Gasteiger partial charge < -0.3 is 4.90 Å². The van der Waals surface area contributed by atoms with Gasteiger partial charge in [-0.2, -0.15) is 0 Å². The van der Waals surface area contributed by atoms with Crippen molar-refractivity contribution in [2.75, 3.05) is 19.0 Å². The van der Waals surface area contributed by atoms with E-state index < -0.39 is 0 Å². The normalized spacial score (nSPS) is 10.2. The predicted octanol–water partition coefficient (Wildman–Crippen LogP) is 3.49. The maximum Gasteiger partial charge on any atom is 0.289 e. The van der Waals surface area contributed by atoms with Gasteiger partial charge in [0, 0.05) is 24.3 Å². The van der Waals surface area contributed by atoms with Crippen LogP contribution in [0.3, 0.4) is 0 Å². The standard InChI is InChI=1S/C9H10Br2N2O2/c1-5-7(12(2)3)4-6(10)8(11)9(5)13(14)15/h4H,1-3H3. The van der Waals surface area contributed by atoms with Crippen LogP contribution in [0.1, 0.15) is 5.56 Å². The molecular formula is C9H10Br2N2O2. The van der Waals surface area contributed by atoms with E-state index in [9.17, 15) is 10.1 Å². The van der Waals surface area contributed by atoms with Crippen molar-refractivity contribution in [1.29, 1.82) is 0 Å². The first-order valence-electron chi connectivity index (χ1n) is 4.16. The third-order valence-electron chi connectivity index (χ3n) is 2.08. The molecule has 0 radical (unpaired) electrons. The second-order valence-corrected chi connectivity index (χ2v) is 4.96. The summed E-state index contributed by atoms with van der Waals surface area (Å²) in [7, 11) is 3.71. The molecule has 0 fully saturated rings. The van der Waals surface area contributed by atoms with E-state index in [0.29, 0.717) is 14.5 Å². The van der Waals surface area contributed by atoms with E-state index in [1.54, 1.807) is 6.92 Å². The molecule has 82 valence electrons. The van der Waals surface area contributed by atoms with Crippen LogP contribution in [0.15, 0.2) is 15.0 Å². The molecule has 0 spiro atoms. The second kappa shape index (κ2) is 4.49. The number of hydrogen-bond donors (Lipinski definition) is 0. The van der Waals surface area contributed by atoms with Crippen molar-refractivity contribution in [2.24, 2.45) is 0 Å². The van der Waals surface area contributed by atoms with Gasteiger partial charge in [-0.05, 0) is 44.8 Å². The lowest BCUT2D eigenvalue weighted by atomic mass is 10.1. The molecule has 4 nitrogen and oxygen atoms in total.